The van der Waals surface area contributed by atoms with Crippen molar-refractivity contribution in [3.05, 3.63) is 33.9 Å². The number of benzene rings is 1. The molecule has 0 amide bonds. The third kappa shape index (κ3) is 7.17. The van der Waals surface area contributed by atoms with E-state index in [1.807, 2.05) is 0 Å². The molecule has 1 rings (SSSR count). The van der Waals surface area contributed by atoms with E-state index in [0.29, 0.717) is 12.8 Å². The lowest BCUT2D eigenvalue weighted by Crippen LogP contribution is -2.23. The summed E-state index contributed by atoms with van der Waals surface area (Å²) in [4.78, 5) is 22.6. The monoisotopic (exact) mass is 404 g/mol. The molecule has 0 spiro atoms. The minimum Gasteiger partial charge on any atom is -0.481 e. The highest BCUT2D eigenvalue weighted by Gasteiger charge is 2.27. The van der Waals surface area contributed by atoms with Crippen LogP contribution in [0.2, 0.25) is 0 Å². The Labute approximate surface area is 176 Å². The predicted octanol–water partition coefficient (Wildman–Crippen LogP) is 6.26. The zero-order chi connectivity index (χ0) is 22.4. The lowest BCUT2D eigenvalue weighted by molar-refractivity contribution is -0.148. The number of carboxylic acids is 2. The van der Waals surface area contributed by atoms with E-state index in [2.05, 4.69) is 26.8 Å². The zero-order valence-corrected chi connectivity index (χ0v) is 19.4. The molecule has 2 N–H and O–H groups in total. The highest BCUT2D eigenvalue weighted by Crippen LogP contribution is 2.29. The molecular formula is C25H40O4. The number of carboxylic acid groups (broad SMARTS) is 2. The Morgan fingerprint density at radius 1 is 0.724 bits per heavy atom. The van der Waals surface area contributed by atoms with Gasteiger partial charge in [-0.25, -0.2) is 0 Å². The largest absolute Gasteiger partial charge is 0.481 e. The van der Waals surface area contributed by atoms with Crippen molar-refractivity contribution in [2.75, 3.05) is 0 Å². The number of unbranched alkanes of at least 4 members (excludes halogenated alkanes) is 2. The molecule has 0 heterocycles. The Hall–Kier alpha value is -1.84. The SMILES string of the molecule is Cc1cc(C)c(CCCCC(C)(C)C(=O)O)c(CCCCC(C)(C)C(=O)O)c1C. The smallest absolute Gasteiger partial charge is 0.309 e. The Morgan fingerprint density at radius 3 is 1.55 bits per heavy atom. The first kappa shape index (κ1) is 25.2. The number of aryl methyl sites for hydroxylation is 2. The minimum absolute atomic E-state index is 0.669. The van der Waals surface area contributed by atoms with Crippen LogP contribution in [0.4, 0.5) is 0 Å². The topological polar surface area (TPSA) is 74.6 Å². The summed E-state index contributed by atoms with van der Waals surface area (Å²) in [6.45, 7) is 13.7. The number of carbonyl (C=O) groups is 2. The average molecular weight is 405 g/mol. The summed E-state index contributed by atoms with van der Waals surface area (Å²) in [5.74, 6) is -1.46. The van der Waals surface area contributed by atoms with E-state index in [1.54, 1.807) is 27.7 Å². The molecule has 0 aliphatic heterocycles. The summed E-state index contributed by atoms with van der Waals surface area (Å²) in [7, 11) is 0. The molecule has 0 saturated carbocycles. The second kappa shape index (κ2) is 10.3. The number of aliphatic carboxylic acids is 2. The van der Waals surface area contributed by atoms with Gasteiger partial charge in [-0.2, -0.15) is 0 Å². The highest BCUT2D eigenvalue weighted by atomic mass is 16.4. The molecule has 29 heavy (non-hydrogen) atoms. The molecule has 0 saturated heterocycles. The van der Waals surface area contributed by atoms with E-state index in [0.717, 1.165) is 38.5 Å². The second-order valence-electron chi connectivity index (χ2n) is 9.88. The van der Waals surface area contributed by atoms with Crippen LogP contribution in [0, 0.1) is 31.6 Å². The lowest BCUT2D eigenvalue weighted by atomic mass is 9.83. The normalized spacial score (nSPS) is 12.2. The fourth-order valence-corrected chi connectivity index (χ4v) is 3.86. The molecule has 4 nitrogen and oxygen atoms in total. The Balaban J connectivity index is 2.79. The predicted molar refractivity (Wildman–Crippen MR) is 119 cm³/mol. The minimum atomic E-state index is -0.732. The van der Waals surface area contributed by atoms with E-state index >= 15 is 0 Å². The van der Waals surface area contributed by atoms with Gasteiger partial charge in [0, 0.05) is 0 Å². The van der Waals surface area contributed by atoms with Crippen LogP contribution in [0.3, 0.4) is 0 Å². The fraction of sp³-hybridized carbons (Fsp3) is 0.680. The third-order valence-corrected chi connectivity index (χ3v) is 6.43. The first-order valence-electron chi connectivity index (χ1n) is 10.8. The summed E-state index contributed by atoms with van der Waals surface area (Å²) >= 11 is 0. The van der Waals surface area contributed by atoms with Crippen molar-refractivity contribution in [2.45, 2.75) is 99.8 Å². The van der Waals surface area contributed by atoms with Crippen LogP contribution in [0.5, 0.6) is 0 Å². The molecule has 0 bridgehead atoms. The van der Waals surface area contributed by atoms with Crippen LogP contribution in [-0.4, -0.2) is 22.2 Å². The van der Waals surface area contributed by atoms with Crippen molar-refractivity contribution in [3.63, 3.8) is 0 Å². The van der Waals surface area contributed by atoms with Gasteiger partial charge < -0.3 is 10.2 Å². The Kier molecular flexibility index (Phi) is 8.92. The standard InChI is InChI=1S/C25H40O4/c1-17-16-18(2)20(12-8-10-14-24(4,5)22(26)27)21(19(17)3)13-9-11-15-25(6,7)23(28)29/h16H,8-15H2,1-7H3,(H,26,27)(H,28,29). The van der Waals surface area contributed by atoms with Gasteiger partial charge >= 0.3 is 11.9 Å². The molecular weight excluding hydrogens is 364 g/mol. The average Bonchev–Trinajstić information content (AvgIpc) is 2.60. The Morgan fingerprint density at radius 2 is 1.14 bits per heavy atom. The van der Waals surface area contributed by atoms with Gasteiger partial charge in [-0.15, -0.1) is 0 Å². The van der Waals surface area contributed by atoms with Gasteiger partial charge in [-0.3, -0.25) is 9.59 Å². The van der Waals surface area contributed by atoms with E-state index in [4.69, 9.17) is 0 Å². The summed E-state index contributed by atoms with van der Waals surface area (Å²) in [6.07, 6.45) is 7.09. The quantitative estimate of drug-likeness (QED) is 0.403. The van der Waals surface area contributed by atoms with Crippen LogP contribution in [0.1, 0.15) is 94.0 Å². The van der Waals surface area contributed by atoms with Crippen LogP contribution < -0.4 is 0 Å². The lowest BCUT2D eigenvalue weighted by Gasteiger charge is -2.21. The maximum atomic E-state index is 11.3. The molecule has 164 valence electrons. The summed E-state index contributed by atoms with van der Waals surface area (Å²) in [5, 5.41) is 18.6. The molecule has 1 aromatic rings. The first-order chi connectivity index (χ1) is 13.3. The van der Waals surface area contributed by atoms with Crippen molar-refractivity contribution >= 4 is 11.9 Å². The van der Waals surface area contributed by atoms with Gasteiger partial charge in [-0.05, 0) is 115 Å². The molecule has 4 heteroatoms. The van der Waals surface area contributed by atoms with Crippen LogP contribution in [0.25, 0.3) is 0 Å². The van der Waals surface area contributed by atoms with E-state index in [-0.39, 0.29) is 0 Å². The fourth-order valence-electron chi connectivity index (χ4n) is 3.86. The number of hydrogen-bond donors (Lipinski definition) is 2. The van der Waals surface area contributed by atoms with Crippen LogP contribution >= 0.6 is 0 Å². The third-order valence-electron chi connectivity index (χ3n) is 6.43. The van der Waals surface area contributed by atoms with Crippen LogP contribution in [0.15, 0.2) is 6.07 Å². The van der Waals surface area contributed by atoms with Crippen LogP contribution in [-0.2, 0) is 22.4 Å². The first-order valence-corrected chi connectivity index (χ1v) is 10.8. The molecule has 0 unspecified atom stereocenters. The van der Waals surface area contributed by atoms with E-state index in [9.17, 15) is 19.8 Å². The van der Waals surface area contributed by atoms with Crippen molar-refractivity contribution in [1.82, 2.24) is 0 Å². The summed E-state index contributed by atoms with van der Waals surface area (Å²) in [5.41, 5.74) is 5.43. The number of rotatable bonds is 12. The van der Waals surface area contributed by atoms with Crippen molar-refractivity contribution < 1.29 is 19.8 Å². The molecule has 0 aliphatic rings. The summed E-state index contributed by atoms with van der Waals surface area (Å²) < 4.78 is 0. The molecule has 0 aliphatic carbocycles. The maximum Gasteiger partial charge on any atom is 0.309 e. The van der Waals surface area contributed by atoms with E-state index in [1.165, 1.54) is 27.8 Å². The second-order valence-corrected chi connectivity index (χ2v) is 9.88. The Bertz CT molecular complexity index is 729. The highest BCUT2D eigenvalue weighted by molar-refractivity contribution is 5.73. The molecule has 1 aromatic carbocycles. The molecule has 0 aromatic heterocycles. The van der Waals surface area contributed by atoms with E-state index < -0.39 is 22.8 Å². The molecule has 0 radical (unpaired) electrons. The van der Waals surface area contributed by atoms with Crippen molar-refractivity contribution in [3.8, 4) is 0 Å². The van der Waals surface area contributed by atoms with Crippen molar-refractivity contribution in [2.24, 2.45) is 10.8 Å². The van der Waals surface area contributed by atoms with Gasteiger partial charge in [0.2, 0.25) is 0 Å². The zero-order valence-electron chi connectivity index (χ0n) is 19.4. The maximum absolute atomic E-state index is 11.3. The van der Waals surface area contributed by atoms with Crippen molar-refractivity contribution in [1.29, 1.82) is 0 Å². The summed E-state index contributed by atoms with van der Waals surface area (Å²) in [6, 6.07) is 2.25. The molecule has 0 atom stereocenters. The van der Waals surface area contributed by atoms with Gasteiger partial charge in [0.05, 0.1) is 10.8 Å². The van der Waals surface area contributed by atoms with Gasteiger partial charge in [0.1, 0.15) is 0 Å². The van der Waals surface area contributed by atoms with Gasteiger partial charge in [0.25, 0.3) is 0 Å². The number of hydrogen-bond acceptors (Lipinski definition) is 2. The van der Waals surface area contributed by atoms with Gasteiger partial charge in [-0.1, -0.05) is 18.9 Å². The van der Waals surface area contributed by atoms with Gasteiger partial charge in [0.15, 0.2) is 0 Å². The molecule has 0 fully saturated rings.